The molecule has 1 rings (SSSR count). The van der Waals surface area contributed by atoms with Gasteiger partial charge in [-0.1, -0.05) is 0 Å². The molecule has 0 unspecified atom stereocenters. The largest absolute Gasteiger partial charge is 0.326 e. The Hall–Kier alpha value is -1.91. The van der Waals surface area contributed by atoms with Crippen LogP contribution in [0, 0.1) is 11.3 Å². The first-order valence-corrected chi connectivity index (χ1v) is 6.53. The maximum Gasteiger partial charge on any atom is 0.243 e. The Labute approximate surface area is 106 Å². The Morgan fingerprint density at radius 2 is 1.94 bits per heavy atom. The molecule has 0 bridgehead atoms. The first-order chi connectivity index (χ1) is 8.37. The molecule has 96 valence electrons. The van der Waals surface area contributed by atoms with E-state index in [1.165, 1.54) is 38.2 Å². The van der Waals surface area contributed by atoms with Gasteiger partial charge in [-0.15, -0.1) is 0 Å². The number of hydrogen-bond donors (Lipinski definition) is 1. The van der Waals surface area contributed by atoms with E-state index in [0.717, 1.165) is 4.31 Å². The lowest BCUT2D eigenvalue weighted by Gasteiger charge is -2.13. The average molecular weight is 267 g/mol. The van der Waals surface area contributed by atoms with Crippen molar-refractivity contribution in [2.24, 2.45) is 0 Å². The van der Waals surface area contributed by atoms with Gasteiger partial charge in [0.15, 0.2) is 0 Å². The molecule has 0 atom stereocenters. The zero-order valence-corrected chi connectivity index (χ0v) is 10.9. The predicted molar refractivity (Wildman–Crippen MR) is 66.2 cm³/mol. The van der Waals surface area contributed by atoms with Crippen LogP contribution in [0.3, 0.4) is 0 Å². The number of benzene rings is 1. The highest BCUT2D eigenvalue weighted by Crippen LogP contribution is 2.17. The molecule has 1 aromatic rings. The Morgan fingerprint density at radius 1 is 1.39 bits per heavy atom. The number of rotatable bonds is 4. The Kier molecular flexibility index (Phi) is 4.42. The van der Waals surface area contributed by atoms with Crippen molar-refractivity contribution in [3.63, 3.8) is 0 Å². The van der Waals surface area contributed by atoms with Crippen LogP contribution in [0.25, 0.3) is 0 Å². The van der Waals surface area contributed by atoms with Crippen molar-refractivity contribution >= 4 is 21.6 Å². The van der Waals surface area contributed by atoms with Gasteiger partial charge in [0.25, 0.3) is 0 Å². The fourth-order valence-electron chi connectivity index (χ4n) is 1.28. The summed E-state index contributed by atoms with van der Waals surface area (Å²) in [5.41, 5.74) is 0.518. The number of nitrogens with one attached hydrogen (secondary N) is 1. The van der Waals surface area contributed by atoms with Crippen molar-refractivity contribution < 1.29 is 13.2 Å². The van der Waals surface area contributed by atoms with E-state index < -0.39 is 10.0 Å². The number of carbonyl (C=O) groups excluding carboxylic acids is 1. The summed E-state index contributed by atoms with van der Waals surface area (Å²) in [6.07, 6.45) is 0. The number of sulfonamides is 1. The summed E-state index contributed by atoms with van der Waals surface area (Å²) in [6.45, 7) is 1.15. The summed E-state index contributed by atoms with van der Waals surface area (Å²) in [5.74, 6) is -0.229. The normalized spacial score (nSPS) is 11.0. The third-order valence-corrected chi connectivity index (χ3v) is 3.99. The molecule has 0 fully saturated rings. The average Bonchev–Trinajstić information content (AvgIpc) is 2.29. The molecule has 1 aromatic carbocycles. The highest BCUT2D eigenvalue weighted by molar-refractivity contribution is 7.89. The van der Waals surface area contributed by atoms with E-state index in [4.69, 9.17) is 5.26 Å². The van der Waals surface area contributed by atoms with E-state index in [9.17, 15) is 13.2 Å². The second-order valence-corrected chi connectivity index (χ2v) is 5.67. The quantitative estimate of drug-likeness (QED) is 0.816. The van der Waals surface area contributed by atoms with Gasteiger partial charge < -0.3 is 5.32 Å². The van der Waals surface area contributed by atoms with E-state index in [-0.39, 0.29) is 17.3 Å². The smallest absolute Gasteiger partial charge is 0.243 e. The number of amides is 1. The Balaban J connectivity index is 2.98. The van der Waals surface area contributed by atoms with Gasteiger partial charge in [0, 0.05) is 19.7 Å². The number of nitriles is 1. The monoisotopic (exact) mass is 267 g/mol. The van der Waals surface area contributed by atoms with Crippen LogP contribution >= 0.6 is 0 Å². The Bertz CT molecular complexity index is 573. The number of hydrogen-bond acceptors (Lipinski definition) is 4. The van der Waals surface area contributed by atoms with Crippen LogP contribution in [-0.4, -0.2) is 32.2 Å². The molecule has 0 aliphatic rings. The summed E-state index contributed by atoms with van der Waals surface area (Å²) in [4.78, 5) is 10.9. The van der Waals surface area contributed by atoms with Gasteiger partial charge in [-0.2, -0.15) is 9.57 Å². The summed E-state index contributed by atoms with van der Waals surface area (Å²) < 4.78 is 24.8. The zero-order chi connectivity index (χ0) is 13.8. The fraction of sp³-hybridized carbons (Fsp3) is 0.273. The summed E-state index contributed by atoms with van der Waals surface area (Å²) in [7, 11) is -2.31. The third-order valence-electron chi connectivity index (χ3n) is 2.18. The first kappa shape index (κ1) is 14.2. The second-order valence-electron chi connectivity index (χ2n) is 3.62. The standard InChI is InChI=1S/C11H13N3O3S/c1-9(15)13-10-3-5-11(6-4-10)18(16,17)14(2)8-7-12/h3-6H,8H2,1-2H3,(H,13,15). The van der Waals surface area contributed by atoms with Gasteiger partial charge in [-0.05, 0) is 24.3 Å². The van der Waals surface area contributed by atoms with Gasteiger partial charge in [0.05, 0.1) is 11.0 Å². The second kappa shape index (κ2) is 5.62. The lowest BCUT2D eigenvalue weighted by atomic mass is 10.3. The van der Waals surface area contributed by atoms with Crippen LogP contribution in [0.1, 0.15) is 6.92 Å². The van der Waals surface area contributed by atoms with Crippen molar-refractivity contribution in [3.05, 3.63) is 24.3 Å². The van der Waals surface area contributed by atoms with Crippen molar-refractivity contribution in [2.45, 2.75) is 11.8 Å². The number of nitrogens with zero attached hydrogens (tertiary/aromatic N) is 2. The molecule has 1 amide bonds. The van der Waals surface area contributed by atoms with Crippen molar-refractivity contribution in [3.8, 4) is 6.07 Å². The minimum atomic E-state index is -3.65. The number of anilines is 1. The van der Waals surface area contributed by atoms with Gasteiger partial charge in [-0.25, -0.2) is 8.42 Å². The predicted octanol–water partition coefficient (Wildman–Crippen LogP) is 0.789. The SMILES string of the molecule is CC(=O)Nc1ccc(S(=O)(=O)N(C)CC#N)cc1. The molecule has 0 saturated heterocycles. The third kappa shape index (κ3) is 3.29. The minimum Gasteiger partial charge on any atom is -0.326 e. The van der Waals surface area contributed by atoms with Crippen LogP contribution in [0.4, 0.5) is 5.69 Å². The van der Waals surface area contributed by atoms with Crippen molar-refractivity contribution in [1.82, 2.24) is 4.31 Å². The maximum atomic E-state index is 11.9. The minimum absolute atomic E-state index is 0.0781. The van der Waals surface area contributed by atoms with Crippen molar-refractivity contribution in [2.75, 3.05) is 18.9 Å². The van der Waals surface area contributed by atoms with Gasteiger partial charge in [0.2, 0.25) is 15.9 Å². The molecule has 0 spiro atoms. The lowest BCUT2D eigenvalue weighted by molar-refractivity contribution is -0.114. The van der Waals surface area contributed by atoms with E-state index in [1.54, 1.807) is 6.07 Å². The summed E-state index contributed by atoms with van der Waals surface area (Å²) in [6, 6.07) is 7.53. The van der Waals surface area contributed by atoms with Gasteiger partial charge >= 0.3 is 0 Å². The van der Waals surface area contributed by atoms with Gasteiger partial charge in [0.1, 0.15) is 6.54 Å². The molecule has 0 aromatic heterocycles. The van der Waals surface area contributed by atoms with E-state index in [1.807, 2.05) is 0 Å². The molecular weight excluding hydrogens is 254 g/mol. The molecule has 1 N–H and O–H groups in total. The molecule has 0 aliphatic carbocycles. The molecule has 0 aliphatic heterocycles. The molecular formula is C11H13N3O3S. The van der Waals surface area contributed by atoms with Gasteiger partial charge in [-0.3, -0.25) is 4.79 Å². The van der Waals surface area contributed by atoms with Crippen molar-refractivity contribution in [1.29, 1.82) is 5.26 Å². The van der Waals surface area contributed by atoms with Crippen LogP contribution in [0.2, 0.25) is 0 Å². The fourth-order valence-corrected chi connectivity index (χ4v) is 2.35. The molecule has 0 radical (unpaired) electrons. The topological polar surface area (TPSA) is 90.3 Å². The van der Waals surface area contributed by atoms with Crippen LogP contribution in [-0.2, 0) is 14.8 Å². The molecule has 0 saturated carbocycles. The molecule has 18 heavy (non-hydrogen) atoms. The molecule has 6 nitrogen and oxygen atoms in total. The van der Waals surface area contributed by atoms with Crippen LogP contribution in [0.15, 0.2) is 29.2 Å². The highest BCUT2D eigenvalue weighted by Gasteiger charge is 2.19. The maximum absolute atomic E-state index is 11.9. The highest BCUT2D eigenvalue weighted by atomic mass is 32.2. The zero-order valence-electron chi connectivity index (χ0n) is 10.0. The Morgan fingerprint density at radius 3 is 2.39 bits per heavy atom. The summed E-state index contributed by atoms with van der Waals surface area (Å²) in [5, 5.41) is 11.0. The van der Waals surface area contributed by atoms with Crippen LogP contribution < -0.4 is 5.32 Å². The number of carbonyl (C=O) groups is 1. The van der Waals surface area contributed by atoms with E-state index in [2.05, 4.69) is 5.32 Å². The lowest BCUT2D eigenvalue weighted by Crippen LogP contribution is -2.27. The first-order valence-electron chi connectivity index (χ1n) is 5.09. The summed E-state index contributed by atoms with van der Waals surface area (Å²) >= 11 is 0. The van der Waals surface area contributed by atoms with E-state index >= 15 is 0 Å². The van der Waals surface area contributed by atoms with E-state index in [0.29, 0.717) is 5.69 Å². The molecule has 0 heterocycles. The van der Waals surface area contributed by atoms with Crippen LogP contribution in [0.5, 0.6) is 0 Å². The molecule has 7 heteroatoms.